The molecule has 0 bridgehead atoms. The molecule has 32 heavy (non-hydrogen) atoms. The minimum atomic E-state index is -0.642. The summed E-state index contributed by atoms with van der Waals surface area (Å²) in [6.45, 7) is 9.23. The van der Waals surface area contributed by atoms with Gasteiger partial charge in [0.15, 0.2) is 11.6 Å². The Morgan fingerprint density at radius 3 is 2.25 bits per heavy atom. The number of aliphatic hydroxyl groups is 1. The molecule has 180 valence electrons. The van der Waals surface area contributed by atoms with Gasteiger partial charge < -0.3 is 29.3 Å². The van der Waals surface area contributed by atoms with Crippen LogP contribution in [-0.2, 0) is 18.9 Å². The van der Waals surface area contributed by atoms with E-state index >= 15 is 0 Å². The van der Waals surface area contributed by atoms with Crippen LogP contribution in [0.1, 0.15) is 65.7 Å². The van der Waals surface area contributed by atoms with Gasteiger partial charge in [-0.15, -0.1) is 0 Å². The molecule has 1 spiro atoms. The van der Waals surface area contributed by atoms with Gasteiger partial charge in [0.1, 0.15) is 0 Å². The van der Waals surface area contributed by atoms with Crippen LogP contribution in [0.5, 0.6) is 0 Å². The zero-order valence-electron chi connectivity index (χ0n) is 19.7. The summed E-state index contributed by atoms with van der Waals surface area (Å²) in [5, 5.41) is 25.7. The summed E-state index contributed by atoms with van der Waals surface area (Å²) < 4.78 is 24.3. The molecule has 2 heterocycles. The number of rotatable bonds is 1. The molecular weight excluding hydrogens is 410 g/mol. The number of hydrogen-bond donors (Lipinski definition) is 2. The van der Waals surface area contributed by atoms with E-state index in [1.54, 1.807) is 0 Å². The van der Waals surface area contributed by atoms with Crippen molar-refractivity contribution in [3.63, 3.8) is 0 Å². The van der Waals surface area contributed by atoms with Gasteiger partial charge in [-0.05, 0) is 68.1 Å². The first-order chi connectivity index (χ1) is 15.3. The van der Waals surface area contributed by atoms with E-state index in [2.05, 4.69) is 25.9 Å². The third-order valence-electron chi connectivity index (χ3n) is 10.9. The molecule has 4 saturated carbocycles. The Balaban J connectivity index is 1.34. The molecule has 6 aliphatic rings. The number of ether oxygens (including phenoxy) is 4. The second-order valence-corrected chi connectivity index (χ2v) is 12.0. The highest BCUT2D eigenvalue weighted by molar-refractivity contribution is 5.92. The fourth-order valence-electron chi connectivity index (χ4n) is 9.65. The first-order valence-corrected chi connectivity index (χ1v) is 12.7. The maximum absolute atomic E-state index is 11.8. The first-order valence-electron chi connectivity index (χ1n) is 12.7. The first kappa shape index (κ1) is 21.8. The van der Waals surface area contributed by atoms with Crippen LogP contribution in [-0.4, -0.2) is 60.1 Å². The van der Waals surface area contributed by atoms with E-state index in [-0.39, 0.29) is 22.7 Å². The van der Waals surface area contributed by atoms with Gasteiger partial charge >= 0.3 is 0 Å². The molecule has 0 aromatic carbocycles. The standard InChI is InChI=1S/C25H39NO6/c1-22-13-18(27)21-16(17(22)6-7-19(22)24(3)29-8-9-30-24)5-4-15-12-25(31-10-11-32-25)14-20(26-28)23(15,21)2/h15-19,21,27-28H,4-14H2,1-3H3/b26-20+/t15-,16?,17+,18-,19?,21?,22?,23?/m1/s1. The van der Waals surface area contributed by atoms with Crippen LogP contribution in [0.15, 0.2) is 5.16 Å². The van der Waals surface area contributed by atoms with Crippen LogP contribution >= 0.6 is 0 Å². The Morgan fingerprint density at radius 1 is 0.875 bits per heavy atom. The summed E-state index contributed by atoms with van der Waals surface area (Å²) in [5.74, 6) is 0.441. The number of fused-ring (bicyclic) bond motifs is 5. The molecule has 2 N–H and O–H groups in total. The highest BCUT2D eigenvalue weighted by atomic mass is 16.7. The second-order valence-electron chi connectivity index (χ2n) is 12.0. The molecule has 2 saturated heterocycles. The van der Waals surface area contributed by atoms with E-state index in [4.69, 9.17) is 18.9 Å². The quantitative estimate of drug-likeness (QED) is 0.470. The van der Waals surface area contributed by atoms with Gasteiger partial charge in [0.2, 0.25) is 0 Å². The molecule has 0 aromatic rings. The molecule has 4 aliphatic carbocycles. The maximum atomic E-state index is 11.8. The molecule has 7 heteroatoms. The molecule has 2 aliphatic heterocycles. The summed E-state index contributed by atoms with van der Waals surface area (Å²) >= 11 is 0. The topological polar surface area (TPSA) is 89.7 Å². The van der Waals surface area contributed by atoms with Crippen molar-refractivity contribution in [2.75, 3.05) is 26.4 Å². The molecule has 6 fully saturated rings. The number of nitrogens with zero attached hydrogens (tertiary/aromatic N) is 1. The zero-order valence-corrected chi connectivity index (χ0v) is 19.7. The molecule has 5 unspecified atom stereocenters. The van der Waals surface area contributed by atoms with E-state index in [0.717, 1.165) is 44.2 Å². The van der Waals surface area contributed by atoms with Gasteiger partial charge in [-0.3, -0.25) is 0 Å². The lowest BCUT2D eigenvalue weighted by Crippen LogP contribution is -2.64. The van der Waals surface area contributed by atoms with E-state index in [0.29, 0.717) is 50.6 Å². The minimum absolute atomic E-state index is 0.00699. The minimum Gasteiger partial charge on any atom is -0.411 e. The van der Waals surface area contributed by atoms with Crippen LogP contribution in [0.2, 0.25) is 0 Å². The predicted molar refractivity (Wildman–Crippen MR) is 116 cm³/mol. The normalized spacial score (nSPS) is 52.7. The van der Waals surface area contributed by atoms with Crippen LogP contribution < -0.4 is 0 Å². The number of oxime groups is 1. The SMILES string of the molecule is CC1(C2CC[C@H]3C4CC[C@@H]5CC6(C/C(=N\O)C5(C)C4[C@H](O)CC23C)OCCO6)OCCO1. The number of aliphatic hydroxyl groups excluding tert-OH is 1. The molecule has 0 amide bonds. The van der Waals surface area contributed by atoms with Crippen molar-refractivity contribution in [1.29, 1.82) is 0 Å². The third-order valence-corrected chi connectivity index (χ3v) is 10.9. The van der Waals surface area contributed by atoms with E-state index in [9.17, 15) is 10.3 Å². The molecule has 7 nitrogen and oxygen atoms in total. The Hall–Kier alpha value is -0.730. The van der Waals surface area contributed by atoms with E-state index in [1.165, 1.54) is 0 Å². The Kier molecular flexibility index (Phi) is 4.86. The molecular formula is C25H39NO6. The lowest BCUT2D eigenvalue weighted by molar-refractivity contribution is -0.233. The monoisotopic (exact) mass is 449 g/mol. The van der Waals surface area contributed by atoms with Crippen LogP contribution in [0, 0.1) is 40.4 Å². The van der Waals surface area contributed by atoms with Crippen molar-refractivity contribution < 1.29 is 29.3 Å². The van der Waals surface area contributed by atoms with Crippen molar-refractivity contribution in [3.8, 4) is 0 Å². The maximum Gasteiger partial charge on any atom is 0.174 e. The molecule has 0 radical (unpaired) electrons. The van der Waals surface area contributed by atoms with E-state index in [1.807, 2.05) is 0 Å². The average Bonchev–Trinajstić information content (AvgIpc) is 3.47. The summed E-state index contributed by atoms with van der Waals surface area (Å²) in [4.78, 5) is 0. The molecule has 8 atom stereocenters. The van der Waals surface area contributed by atoms with Crippen molar-refractivity contribution in [2.45, 2.75) is 83.4 Å². The fourth-order valence-corrected chi connectivity index (χ4v) is 9.65. The zero-order chi connectivity index (χ0) is 22.4. The van der Waals surface area contributed by atoms with Crippen LogP contribution in [0.4, 0.5) is 0 Å². The summed E-state index contributed by atoms with van der Waals surface area (Å²) in [5.41, 5.74) is 0.422. The largest absolute Gasteiger partial charge is 0.411 e. The lowest BCUT2D eigenvalue weighted by Gasteiger charge is -2.63. The van der Waals surface area contributed by atoms with Gasteiger partial charge in [0.25, 0.3) is 0 Å². The second kappa shape index (κ2) is 7.14. The Morgan fingerprint density at radius 2 is 1.56 bits per heavy atom. The Labute approximate surface area is 190 Å². The van der Waals surface area contributed by atoms with Crippen molar-refractivity contribution in [2.24, 2.45) is 45.6 Å². The summed E-state index contributed by atoms with van der Waals surface area (Å²) in [6, 6.07) is 0. The summed E-state index contributed by atoms with van der Waals surface area (Å²) in [6.07, 6.45) is 6.03. The van der Waals surface area contributed by atoms with Gasteiger partial charge in [0, 0.05) is 24.2 Å². The van der Waals surface area contributed by atoms with Crippen LogP contribution in [0.25, 0.3) is 0 Å². The smallest absolute Gasteiger partial charge is 0.174 e. The third kappa shape index (κ3) is 2.75. The van der Waals surface area contributed by atoms with Crippen molar-refractivity contribution in [3.05, 3.63) is 0 Å². The highest BCUT2D eigenvalue weighted by Gasteiger charge is 2.68. The van der Waals surface area contributed by atoms with Gasteiger partial charge in [-0.25, -0.2) is 0 Å². The van der Waals surface area contributed by atoms with Gasteiger partial charge in [-0.1, -0.05) is 19.0 Å². The van der Waals surface area contributed by atoms with Gasteiger partial charge in [0.05, 0.1) is 38.2 Å². The highest BCUT2D eigenvalue weighted by Crippen LogP contribution is 2.69. The van der Waals surface area contributed by atoms with Crippen LogP contribution in [0.3, 0.4) is 0 Å². The van der Waals surface area contributed by atoms with E-state index < -0.39 is 17.7 Å². The van der Waals surface area contributed by atoms with Crippen molar-refractivity contribution in [1.82, 2.24) is 0 Å². The predicted octanol–water partition coefficient (Wildman–Crippen LogP) is 3.56. The van der Waals surface area contributed by atoms with Gasteiger partial charge in [-0.2, -0.15) is 0 Å². The Bertz CT molecular complexity index is 789. The molecule has 6 rings (SSSR count). The fraction of sp³-hybridized carbons (Fsp3) is 0.960. The average molecular weight is 450 g/mol. The molecule has 0 aromatic heterocycles. The van der Waals surface area contributed by atoms with Crippen molar-refractivity contribution >= 4 is 5.71 Å². The number of hydrogen-bond acceptors (Lipinski definition) is 7. The lowest BCUT2D eigenvalue weighted by atomic mass is 9.43. The summed E-state index contributed by atoms with van der Waals surface area (Å²) in [7, 11) is 0.